The molecule has 3 aromatic heterocycles. The third kappa shape index (κ3) is 3.45. The van der Waals surface area contributed by atoms with Crippen molar-refractivity contribution in [3.8, 4) is 5.75 Å². The van der Waals surface area contributed by atoms with Crippen LogP contribution in [0.5, 0.6) is 5.75 Å². The third-order valence-electron chi connectivity index (χ3n) is 5.83. The summed E-state index contributed by atoms with van der Waals surface area (Å²) in [5.74, 6) is 1.40. The minimum atomic E-state index is -0.400. The fourth-order valence-electron chi connectivity index (χ4n) is 3.99. The molecule has 8 nitrogen and oxygen atoms in total. The summed E-state index contributed by atoms with van der Waals surface area (Å²) >= 11 is 0. The van der Waals surface area contributed by atoms with Gasteiger partial charge in [-0.05, 0) is 29.3 Å². The highest BCUT2D eigenvalue weighted by Gasteiger charge is 2.19. The Balaban J connectivity index is 1.71. The van der Waals surface area contributed by atoms with Crippen molar-refractivity contribution in [1.82, 2.24) is 23.1 Å². The van der Waals surface area contributed by atoms with Gasteiger partial charge >= 0.3 is 5.69 Å². The molecule has 33 heavy (non-hydrogen) atoms. The van der Waals surface area contributed by atoms with Gasteiger partial charge in [0.2, 0.25) is 5.78 Å². The van der Waals surface area contributed by atoms with Gasteiger partial charge in [0.05, 0.1) is 19.3 Å². The minimum absolute atomic E-state index is 0.366. The second-order valence-electron chi connectivity index (χ2n) is 7.89. The van der Waals surface area contributed by atoms with Gasteiger partial charge in [-0.3, -0.25) is 18.3 Å². The third-order valence-corrected chi connectivity index (χ3v) is 5.83. The van der Waals surface area contributed by atoms with Crippen LogP contribution in [0.2, 0.25) is 0 Å². The van der Waals surface area contributed by atoms with E-state index in [2.05, 4.69) is 0 Å². The zero-order valence-corrected chi connectivity index (χ0v) is 18.6. The average molecular weight is 441 g/mol. The zero-order valence-electron chi connectivity index (χ0n) is 18.6. The second-order valence-corrected chi connectivity index (χ2v) is 7.89. The molecule has 0 atom stereocenters. The van der Waals surface area contributed by atoms with Crippen LogP contribution in [0.25, 0.3) is 29.1 Å². The molecule has 0 aliphatic heterocycles. The van der Waals surface area contributed by atoms with E-state index in [9.17, 15) is 9.59 Å². The molecule has 8 heteroatoms. The van der Waals surface area contributed by atoms with E-state index >= 15 is 0 Å². The first-order chi connectivity index (χ1) is 16.0. The molecule has 0 aliphatic rings. The number of methoxy groups -OCH3 is 1. The fourth-order valence-corrected chi connectivity index (χ4v) is 3.99. The van der Waals surface area contributed by atoms with E-state index in [1.807, 2.05) is 77.5 Å². The van der Waals surface area contributed by atoms with Crippen molar-refractivity contribution in [2.24, 2.45) is 14.1 Å². The molecule has 0 unspecified atom stereocenters. The predicted octanol–water partition coefficient (Wildman–Crippen LogP) is 2.91. The van der Waals surface area contributed by atoms with Crippen LogP contribution in [0.3, 0.4) is 0 Å². The molecular formula is C25H23N5O3. The number of hydrogen-bond donors (Lipinski definition) is 0. The molecule has 5 aromatic rings. The molecule has 3 heterocycles. The monoisotopic (exact) mass is 441 g/mol. The predicted molar refractivity (Wildman–Crippen MR) is 129 cm³/mol. The number of benzene rings is 2. The first-order valence-corrected chi connectivity index (χ1v) is 10.5. The molecular weight excluding hydrogens is 418 g/mol. The summed E-state index contributed by atoms with van der Waals surface area (Å²) < 4.78 is 11.6. The maximum absolute atomic E-state index is 12.9. The number of aromatic nitrogens is 5. The highest BCUT2D eigenvalue weighted by molar-refractivity contribution is 5.78. The van der Waals surface area contributed by atoms with E-state index in [0.29, 0.717) is 23.5 Å². The second kappa shape index (κ2) is 7.98. The van der Waals surface area contributed by atoms with E-state index in [1.54, 1.807) is 18.6 Å². The van der Waals surface area contributed by atoms with Crippen molar-refractivity contribution in [2.45, 2.75) is 6.54 Å². The number of ether oxygens (including phenoxy) is 1. The van der Waals surface area contributed by atoms with Crippen molar-refractivity contribution in [1.29, 1.82) is 0 Å². The summed E-state index contributed by atoms with van der Waals surface area (Å²) in [7, 11) is 4.75. The summed E-state index contributed by atoms with van der Waals surface area (Å²) in [6, 6.07) is 17.8. The largest absolute Gasteiger partial charge is 0.497 e. The summed E-state index contributed by atoms with van der Waals surface area (Å²) in [6.45, 7) is 0.567. The van der Waals surface area contributed by atoms with Crippen molar-refractivity contribution in [3.05, 3.63) is 98.5 Å². The van der Waals surface area contributed by atoms with Gasteiger partial charge in [-0.1, -0.05) is 48.5 Å². The Morgan fingerprint density at radius 2 is 1.67 bits per heavy atom. The maximum atomic E-state index is 12.9. The summed E-state index contributed by atoms with van der Waals surface area (Å²) in [5.41, 5.74) is 2.97. The quantitative estimate of drug-likeness (QED) is 0.420. The fraction of sp³-hybridized carbons (Fsp3) is 0.160. The van der Waals surface area contributed by atoms with Crippen LogP contribution in [-0.4, -0.2) is 30.2 Å². The number of nitrogens with zero attached hydrogens (tertiary/aromatic N) is 5. The van der Waals surface area contributed by atoms with Gasteiger partial charge < -0.3 is 9.30 Å². The SMILES string of the molecule is COc1ccc(/C=C/c2cn3c4c(=O)n(C)c(=O)n(C)c4nc3n2Cc2ccccc2)cc1. The lowest BCUT2D eigenvalue weighted by atomic mass is 10.2. The van der Waals surface area contributed by atoms with Crippen LogP contribution in [0, 0.1) is 0 Å². The van der Waals surface area contributed by atoms with Crippen LogP contribution >= 0.6 is 0 Å². The zero-order chi connectivity index (χ0) is 23.1. The first-order valence-electron chi connectivity index (χ1n) is 10.5. The van der Waals surface area contributed by atoms with Gasteiger partial charge in [0.15, 0.2) is 11.2 Å². The lowest BCUT2D eigenvalue weighted by Crippen LogP contribution is -2.37. The topological polar surface area (TPSA) is 75.5 Å². The molecule has 5 rings (SSSR count). The molecule has 166 valence electrons. The minimum Gasteiger partial charge on any atom is -0.497 e. The summed E-state index contributed by atoms with van der Waals surface area (Å²) in [5, 5.41) is 0. The van der Waals surface area contributed by atoms with Crippen LogP contribution in [0.1, 0.15) is 16.8 Å². The maximum Gasteiger partial charge on any atom is 0.332 e. The van der Waals surface area contributed by atoms with Crippen LogP contribution in [0.4, 0.5) is 0 Å². The smallest absolute Gasteiger partial charge is 0.332 e. The molecule has 0 N–H and O–H groups in total. The van der Waals surface area contributed by atoms with Crippen LogP contribution in [0.15, 0.2) is 70.4 Å². The van der Waals surface area contributed by atoms with Gasteiger partial charge in [0, 0.05) is 20.3 Å². The van der Waals surface area contributed by atoms with Crippen molar-refractivity contribution >= 4 is 29.1 Å². The molecule has 0 bridgehead atoms. The number of rotatable bonds is 5. The Morgan fingerprint density at radius 3 is 2.36 bits per heavy atom. The number of hydrogen-bond acceptors (Lipinski definition) is 4. The lowest BCUT2D eigenvalue weighted by Gasteiger charge is -2.07. The normalized spacial score (nSPS) is 11.7. The lowest BCUT2D eigenvalue weighted by molar-refractivity contribution is 0.415. The molecule has 0 radical (unpaired) electrons. The van der Waals surface area contributed by atoms with Crippen molar-refractivity contribution < 1.29 is 4.74 Å². The summed E-state index contributed by atoms with van der Waals surface area (Å²) in [6.07, 6.45) is 5.89. The molecule has 0 saturated heterocycles. The number of fused-ring (bicyclic) bond motifs is 3. The van der Waals surface area contributed by atoms with Crippen LogP contribution in [-0.2, 0) is 20.6 Å². The van der Waals surface area contributed by atoms with Crippen molar-refractivity contribution in [3.63, 3.8) is 0 Å². The Bertz CT molecular complexity index is 1620. The van der Waals surface area contributed by atoms with Gasteiger partial charge in [0.25, 0.3) is 5.56 Å². The van der Waals surface area contributed by atoms with E-state index in [-0.39, 0.29) is 5.56 Å². The molecule has 0 amide bonds. The standard InChI is InChI=1S/C25H23N5O3/c1-27-22-21(23(31)28(2)25(27)32)30-16-19(12-9-17-10-13-20(33-3)14-11-17)29(24(30)26-22)15-18-7-5-4-6-8-18/h4-14,16H,15H2,1-3H3/b12-9+. The van der Waals surface area contributed by atoms with E-state index in [4.69, 9.17) is 9.72 Å². The van der Waals surface area contributed by atoms with Crippen molar-refractivity contribution in [2.75, 3.05) is 7.11 Å². The highest BCUT2D eigenvalue weighted by atomic mass is 16.5. The highest BCUT2D eigenvalue weighted by Crippen LogP contribution is 2.21. The Kier molecular flexibility index (Phi) is 4.97. The van der Waals surface area contributed by atoms with Gasteiger partial charge in [-0.25, -0.2) is 4.79 Å². The Morgan fingerprint density at radius 1 is 0.939 bits per heavy atom. The Hall–Kier alpha value is -4.33. The molecule has 0 aliphatic carbocycles. The average Bonchev–Trinajstić information content (AvgIpc) is 3.37. The van der Waals surface area contributed by atoms with Gasteiger partial charge in [-0.15, -0.1) is 0 Å². The molecule has 2 aromatic carbocycles. The first kappa shape index (κ1) is 20.6. The molecule has 0 spiro atoms. The van der Waals surface area contributed by atoms with Crippen LogP contribution < -0.4 is 16.0 Å². The van der Waals surface area contributed by atoms with Gasteiger partial charge in [0.1, 0.15) is 5.75 Å². The number of aryl methyl sites for hydroxylation is 1. The van der Waals surface area contributed by atoms with Gasteiger partial charge in [-0.2, -0.15) is 4.98 Å². The molecule has 0 saturated carbocycles. The number of imidazole rings is 2. The summed E-state index contributed by atoms with van der Waals surface area (Å²) in [4.78, 5) is 30.0. The Labute approximate surface area is 189 Å². The molecule has 0 fully saturated rings. The van der Waals surface area contributed by atoms with E-state index in [1.165, 1.54) is 11.6 Å². The van der Waals surface area contributed by atoms with E-state index < -0.39 is 5.69 Å². The van der Waals surface area contributed by atoms with E-state index in [0.717, 1.165) is 27.1 Å².